The highest BCUT2D eigenvalue weighted by Crippen LogP contribution is 2.31. The molecule has 2 aromatic rings. The molecule has 5 nitrogen and oxygen atoms in total. The van der Waals surface area contributed by atoms with Crippen LogP contribution in [0.4, 0.5) is 14.5 Å². The van der Waals surface area contributed by atoms with Crippen LogP contribution >= 0.6 is 0 Å². The summed E-state index contributed by atoms with van der Waals surface area (Å²) in [5, 5.41) is 0. The molecule has 0 aliphatic carbocycles. The van der Waals surface area contributed by atoms with Gasteiger partial charge < -0.3 is 4.90 Å². The van der Waals surface area contributed by atoms with Crippen LogP contribution in [0, 0.1) is 11.6 Å². The lowest BCUT2D eigenvalue weighted by Gasteiger charge is -2.30. The molecule has 0 unspecified atom stereocenters. The number of rotatable bonds is 5. The number of sulfonamides is 1. The number of hydrogen-bond donors (Lipinski definition) is 0. The fourth-order valence-corrected chi connectivity index (χ4v) is 5.05. The predicted octanol–water partition coefficient (Wildman–Crippen LogP) is 3.59. The van der Waals surface area contributed by atoms with Gasteiger partial charge in [-0.1, -0.05) is 26.0 Å². The summed E-state index contributed by atoms with van der Waals surface area (Å²) < 4.78 is 55.2. The van der Waals surface area contributed by atoms with Crippen molar-refractivity contribution in [3.8, 4) is 0 Å². The number of aryl methyl sites for hydroxylation is 1. The van der Waals surface area contributed by atoms with Crippen LogP contribution in [0.15, 0.2) is 41.3 Å². The number of carbonyl (C=O) groups is 1. The van der Waals surface area contributed by atoms with Gasteiger partial charge in [0.1, 0.15) is 16.5 Å². The number of benzene rings is 2. The maximum Gasteiger partial charge on any atom is 0.258 e. The van der Waals surface area contributed by atoms with Crippen LogP contribution in [0.25, 0.3) is 0 Å². The summed E-state index contributed by atoms with van der Waals surface area (Å²) >= 11 is 0. The molecule has 0 spiro atoms. The van der Waals surface area contributed by atoms with Crippen molar-refractivity contribution in [2.24, 2.45) is 0 Å². The van der Waals surface area contributed by atoms with Crippen molar-refractivity contribution in [2.45, 2.75) is 31.6 Å². The molecule has 0 bridgehead atoms. The van der Waals surface area contributed by atoms with Crippen LogP contribution in [0.5, 0.6) is 0 Å². The molecule has 0 aromatic heterocycles. The molecule has 0 fully saturated rings. The first-order valence-corrected chi connectivity index (χ1v) is 10.6. The van der Waals surface area contributed by atoms with Crippen LogP contribution in [-0.2, 0) is 16.4 Å². The number of para-hydroxylation sites is 1. The summed E-state index contributed by atoms with van der Waals surface area (Å²) in [7, 11) is -4.07. The maximum atomic E-state index is 14.4. The minimum Gasteiger partial charge on any atom is -0.305 e. The van der Waals surface area contributed by atoms with Crippen LogP contribution in [0.3, 0.4) is 0 Å². The van der Waals surface area contributed by atoms with Gasteiger partial charge in [-0.3, -0.25) is 4.79 Å². The monoisotopic (exact) mass is 408 g/mol. The maximum absolute atomic E-state index is 14.4. The van der Waals surface area contributed by atoms with E-state index in [1.54, 1.807) is 26.0 Å². The number of hydrogen-bond acceptors (Lipinski definition) is 3. The predicted molar refractivity (Wildman–Crippen MR) is 103 cm³/mol. The Morgan fingerprint density at radius 3 is 2.50 bits per heavy atom. The van der Waals surface area contributed by atoms with Gasteiger partial charge in [-0.15, -0.1) is 0 Å². The molecule has 1 aliphatic heterocycles. The molecule has 8 heteroatoms. The van der Waals surface area contributed by atoms with Crippen LogP contribution in [0.2, 0.25) is 0 Å². The third-order valence-corrected chi connectivity index (χ3v) is 6.98. The van der Waals surface area contributed by atoms with Gasteiger partial charge in [0.15, 0.2) is 0 Å². The molecule has 1 heterocycles. The molecule has 3 rings (SSSR count). The Morgan fingerprint density at radius 2 is 1.82 bits per heavy atom. The Bertz CT molecular complexity index is 1000. The summed E-state index contributed by atoms with van der Waals surface area (Å²) in [4.78, 5) is 13.8. The van der Waals surface area contributed by atoms with Crippen molar-refractivity contribution in [2.75, 3.05) is 24.5 Å². The zero-order valence-corrected chi connectivity index (χ0v) is 16.6. The summed E-state index contributed by atoms with van der Waals surface area (Å²) in [5.41, 5.74) is 0.928. The van der Waals surface area contributed by atoms with Crippen molar-refractivity contribution < 1.29 is 22.0 Å². The zero-order valence-electron chi connectivity index (χ0n) is 15.8. The Labute approximate surface area is 163 Å². The second-order valence-corrected chi connectivity index (χ2v) is 8.45. The van der Waals surface area contributed by atoms with Crippen LogP contribution < -0.4 is 4.90 Å². The lowest BCUT2D eigenvalue weighted by atomic mass is 10.0. The zero-order chi connectivity index (χ0) is 20.5. The Hall–Kier alpha value is -2.32. The Kier molecular flexibility index (Phi) is 5.81. The second-order valence-electron chi connectivity index (χ2n) is 6.54. The molecule has 0 atom stereocenters. The standard InChI is InChI=1S/C20H22F2N2O3S/c1-3-23(4-2)28(26,27)18-13-15(10-11-16(18)21)20(25)24-12-6-8-14-7-5-9-17(22)19(14)24/h5,7,9-11,13H,3-4,6,8,12H2,1-2H3. The lowest BCUT2D eigenvalue weighted by Crippen LogP contribution is -2.36. The molecule has 0 radical (unpaired) electrons. The van der Waals surface area contributed by atoms with Gasteiger partial charge in [-0.2, -0.15) is 4.31 Å². The van der Waals surface area contributed by atoms with E-state index in [1.807, 2.05) is 0 Å². The quantitative estimate of drug-likeness (QED) is 0.760. The van der Waals surface area contributed by atoms with Gasteiger partial charge in [-0.25, -0.2) is 17.2 Å². The van der Waals surface area contributed by atoms with E-state index >= 15 is 0 Å². The Balaban J connectivity index is 2.04. The summed E-state index contributed by atoms with van der Waals surface area (Å²) in [6.45, 7) is 3.98. The topological polar surface area (TPSA) is 57.7 Å². The molecule has 0 N–H and O–H groups in total. The highest BCUT2D eigenvalue weighted by atomic mass is 32.2. The molecule has 2 aromatic carbocycles. The average Bonchev–Trinajstić information content (AvgIpc) is 2.68. The van der Waals surface area contributed by atoms with Crippen molar-refractivity contribution in [1.29, 1.82) is 0 Å². The number of nitrogens with zero attached hydrogens (tertiary/aromatic N) is 2. The second kappa shape index (κ2) is 7.97. The van der Waals surface area contributed by atoms with E-state index in [1.165, 1.54) is 17.0 Å². The number of amides is 1. The number of fused-ring (bicyclic) bond motifs is 1. The molecule has 0 saturated heterocycles. The van der Waals surface area contributed by atoms with E-state index < -0.39 is 32.5 Å². The minimum atomic E-state index is -4.07. The largest absolute Gasteiger partial charge is 0.305 e. The van der Waals surface area contributed by atoms with E-state index in [0.29, 0.717) is 19.4 Å². The lowest BCUT2D eigenvalue weighted by molar-refractivity contribution is 0.0984. The molecule has 0 saturated carbocycles. The van der Waals surface area contributed by atoms with Crippen LogP contribution in [-0.4, -0.2) is 38.3 Å². The first kappa shape index (κ1) is 20.4. The highest BCUT2D eigenvalue weighted by molar-refractivity contribution is 7.89. The minimum absolute atomic E-state index is 0.00299. The molecule has 1 amide bonds. The average molecular weight is 408 g/mol. The van der Waals surface area contributed by atoms with Gasteiger partial charge in [0.25, 0.3) is 5.91 Å². The number of anilines is 1. The fourth-order valence-electron chi connectivity index (χ4n) is 3.50. The van der Waals surface area contributed by atoms with Gasteiger partial charge in [0.05, 0.1) is 5.69 Å². The Morgan fingerprint density at radius 1 is 1.11 bits per heavy atom. The molecule has 28 heavy (non-hydrogen) atoms. The normalized spacial score (nSPS) is 14.2. The van der Waals surface area contributed by atoms with Gasteiger partial charge in [-0.05, 0) is 42.7 Å². The van der Waals surface area contributed by atoms with E-state index in [2.05, 4.69) is 0 Å². The first-order chi connectivity index (χ1) is 13.3. The van der Waals surface area contributed by atoms with Crippen molar-refractivity contribution in [3.63, 3.8) is 0 Å². The van der Waals surface area contributed by atoms with Gasteiger partial charge in [0.2, 0.25) is 10.0 Å². The van der Waals surface area contributed by atoms with Crippen LogP contribution in [0.1, 0.15) is 36.2 Å². The number of carbonyl (C=O) groups excluding carboxylic acids is 1. The molecule has 1 aliphatic rings. The first-order valence-electron chi connectivity index (χ1n) is 9.20. The van der Waals surface area contributed by atoms with E-state index in [-0.39, 0.29) is 24.3 Å². The summed E-state index contributed by atoms with van der Waals surface area (Å²) in [6, 6.07) is 7.88. The molecular formula is C20H22F2N2O3S. The third-order valence-electron chi connectivity index (χ3n) is 4.91. The van der Waals surface area contributed by atoms with Gasteiger partial charge >= 0.3 is 0 Å². The summed E-state index contributed by atoms with van der Waals surface area (Å²) in [5.74, 6) is -1.99. The van der Waals surface area contributed by atoms with E-state index in [4.69, 9.17) is 0 Å². The fraction of sp³-hybridized carbons (Fsp3) is 0.350. The van der Waals surface area contributed by atoms with Crippen molar-refractivity contribution in [1.82, 2.24) is 4.31 Å². The van der Waals surface area contributed by atoms with Crippen molar-refractivity contribution >= 4 is 21.6 Å². The number of halogens is 2. The third kappa shape index (κ3) is 3.54. The molecular weight excluding hydrogens is 386 g/mol. The molecule has 150 valence electrons. The SMILES string of the molecule is CCN(CC)S(=O)(=O)c1cc(C(=O)N2CCCc3cccc(F)c32)ccc1F. The van der Waals surface area contributed by atoms with E-state index in [9.17, 15) is 22.0 Å². The summed E-state index contributed by atoms with van der Waals surface area (Å²) in [6.07, 6.45) is 1.32. The smallest absolute Gasteiger partial charge is 0.258 e. The highest BCUT2D eigenvalue weighted by Gasteiger charge is 2.30. The van der Waals surface area contributed by atoms with Crippen molar-refractivity contribution in [3.05, 3.63) is 59.2 Å². The van der Waals surface area contributed by atoms with Gasteiger partial charge in [0, 0.05) is 25.2 Å². The van der Waals surface area contributed by atoms with E-state index in [0.717, 1.165) is 22.0 Å².